The molecule has 0 aliphatic carbocycles. The predicted molar refractivity (Wildman–Crippen MR) is 101 cm³/mol. The average molecular weight is 338 g/mol. The first-order valence-corrected chi connectivity index (χ1v) is 9.18. The molecule has 1 aromatic heterocycles. The summed E-state index contributed by atoms with van der Waals surface area (Å²) in [4.78, 5) is 12.0. The zero-order valence-corrected chi connectivity index (χ0v) is 14.7. The number of ether oxygens (including phenoxy) is 1. The standard InChI is InChI=1S/C20H26N4O/c1-2-4-19(5-3-1)23-8-10-24(11-9-23)20-7-6-18(16-21-20)17-22-12-14-25-15-13-22/h1-7,16H,8-15,17H2. The number of morpholine rings is 1. The third kappa shape index (κ3) is 4.11. The zero-order chi connectivity index (χ0) is 16.9. The Morgan fingerprint density at radius 1 is 0.800 bits per heavy atom. The van der Waals surface area contributed by atoms with Gasteiger partial charge in [0.2, 0.25) is 0 Å². The number of rotatable bonds is 4. The Bertz CT molecular complexity index is 647. The van der Waals surface area contributed by atoms with Gasteiger partial charge >= 0.3 is 0 Å². The SMILES string of the molecule is c1ccc(N2CCN(c3ccc(CN4CCOCC4)cn3)CC2)cc1. The summed E-state index contributed by atoms with van der Waals surface area (Å²) in [6, 6.07) is 15.1. The molecule has 0 spiro atoms. The molecule has 0 unspecified atom stereocenters. The van der Waals surface area contributed by atoms with Crippen LogP contribution < -0.4 is 9.80 Å². The second-order valence-electron chi connectivity index (χ2n) is 6.72. The monoisotopic (exact) mass is 338 g/mol. The largest absolute Gasteiger partial charge is 0.379 e. The van der Waals surface area contributed by atoms with Crippen molar-refractivity contribution < 1.29 is 4.74 Å². The Kier molecular flexibility index (Phi) is 5.14. The molecule has 5 nitrogen and oxygen atoms in total. The number of hydrogen-bond acceptors (Lipinski definition) is 5. The van der Waals surface area contributed by atoms with Crippen LogP contribution >= 0.6 is 0 Å². The molecule has 0 N–H and O–H groups in total. The number of para-hydroxylation sites is 1. The molecule has 0 radical (unpaired) electrons. The van der Waals surface area contributed by atoms with Gasteiger partial charge < -0.3 is 14.5 Å². The Morgan fingerprint density at radius 3 is 2.20 bits per heavy atom. The Balaban J connectivity index is 1.32. The molecule has 0 saturated carbocycles. The van der Waals surface area contributed by atoms with Gasteiger partial charge in [-0.1, -0.05) is 24.3 Å². The number of anilines is 2. The maximum atomic E-state index is 5.41. The van der Waals surface area contributed by atoms with E-state index in [4.69, 9.17) is 9.72 Å². The van der Waals surface area contributed by atoms with E-state index in [0.717, 1.165) is 64.8 Å². The molecule has 1 aromatic carbocycles. The average Bonchev–Trinajstić information content (AvgIpc) is 2.70. The Labute approximate surface area is 149 Å². The van der Waals surface area contributed by atoms with Gasteiger partial charge in [0.1, 0.15) is 5.82 Å². The minimum Gasteiger partial charge on any atom is -0.379 e. The van der Waals surface area contributed by atoms with Crippen molar-refractivity contribution >= 4 is 11.5 Å². The molecular formula is C20H26N4O. The van der Waals surface area contributed by atoms with Crippen LogP contribution in [0.15, 0.2) is 48.7 Å². The van der Waals surface area contributed by atoms with Crippen molar-refractivity contribution in [1.82, 2.24) is 9.88 Å². The first-order chi connectivity index (χ1) is 12.4. The van der Waals surface area contributed by atoms with Crippen molar-refractivity contribution in [2.45, 2.75) is 6.54 Å². The van der Waals surface area contributed by atoms with Crippen molar-refractivity contribution in [2.75, 3.05) is 62.3 Å². The second kappa shape index (κ2) is 7.85. The van der Waals surface area contributed by atoms with E-state index in [1.165, 1.54) is 11.3 Å². The Hall–Kier alpha value is -2.11. The van der Waals surface area contributed by atoms with Crippen molar-refractivity contribution in [2.24, 2.45) is 0 Å². The molecule has 4 rings (SSSR count). The lowest BCUT2D eigenvalue weighted by Crippen LogP contribution is -2.46. The third-order valence-electron chi connectivity index (χ3n) is 5.04. The fourth-order valence-corrected chi connectivity index (χ4v) is 3.55. The molecule has 0 atom stereocenters. The lowest BCUT2D eigenvalue weighted by Gasteiger charge is -2.36. The highest BCUT2D eigenvalue weighted by Crippen LogP contribution is 2.19. The second-order valence-corrected chi connectivity index (χ2v) is 6.72. The summed E-state index contributed by atoms with van der Waals surface area (Å²) in [7, 11) is 0. The molecular weight excluding hydrogens is 312 g/mol. The van der Waals surface area contributed by atoms with Crippen molar-refractivity contribution in [1.29, 1.82) is 0 Å². The van der Waals surface area contributed by atoms with Crippen LogP contribution in [0.2, 0.25) is 0 Å². The molecule has 2 fully saturated rings. The van der Waals surface area contributed by atoms with Gasteiger partial charge in [-0.05, 0) is 23.8 Å². The fourth-order valence-electron chi connectivity index (χ4n) is 3.55. The van der Waals surface area contributed by atoms with Crippen LogP contribution in [0.25, 0.3) is 0 Å². The summed E-state index contributed by atoms with van der Waals surface area (Å²) in [6.45, 7) is 8.82. The molecule has 132 valence electrons. The number of aromatic nitrogens is 1. The van der Waals surface area contributed by atoms with Crippen LogP contribution in [0.1, 0.15) is 5.56 Å². The lowest BCUT2D eigenvalue weighted by molar-refractivity contribution is 0.0341. The van der Waals surface area contributed by atoms with Crippen molar-refractivity contribution in [3.8, 4) is 0 Å². The van der Waals surface area contributed by atoms with E-state index in [1.54, 1.807) is 0 Å². The molecule has 2 aliphatic heterocycles. The first kappa shape index (κ1) is 16.4. The number of benzene rings is 1. The predicted octanol–water partition coefficient (Wildman–Crippen LogP) is 2.24. The number of hydrogen-bond donors (Lipinski definition) is 0. The van der Waals surface area contributed by atoms with E-state index in [1.807, 2.05) is 6.20 Å². The van der Waals surface area contributed by atoms with Gasteiger partial charge in [0.25, 0.3) is 0 Å². The van der Waals surface area contributed by atoms with E-state index in [2.05, 4.69) is 57.2 Å². The van der Waals surface area contributed by atoms with E-state index in [9.17, 15) is 0 Å². The molecule has 2 aliphatic rings. The zero-order valence-electron chi connectivity index (χ0n) is 14.7. The highest BCUT2D eigenvalue weighted by molar-refractivity contribution is 5.49. The molecule has 2 saturated heterocycles. The highest BCUT2D eigenvalue weighted by Gasteiger charge is 2.18. The maximum Gasteiger partial charge on any atom is 0.128 e. The number of pyridine rings is 1. The molecule has 5 heteroatoms. The summed E-state index contributed by atoms with van der Waals surface area (Å²) < 4.78 is 5.41. The van der Waals surface area contributed by atoms with E-state index >= 15 is 0 Å². The minimum atomic E-state index is 0.844. The smallest absolute Gasteiger partial charge is 0.128 e. The van der Waals surface area contributed by atoms with E-state index in [-0.39, 0.29) is 0 Å². The molecule has 2 aromatic rings. The van der Waals surface area contributed by atoms with Crippen LogP contribution in [-0.2, 0) is 11.3 Å². The molecule has 3 heterocycles. The van der Waals surface area contributed by atoms with Crippen molar-refractivity contribution in [3.05, 3.63) is 54.2 Å². The third-order valence-corrected chi connectivity index (χ3v) is 5.04. The van der Waals surface area contributed by atoms with E-state index in [0.29, 0.717) is 0 Å². The van der Waals surface area contributed by atoms with Gasteiger partial charge in [-0.2, -0.15) is 0 Å². The van der Waals surface area contributed by atoms with E-state index < -0.39 is 0 Å². The van der Waals surface area contributed by atoms with Crippen LogP contribution in [0.3, 0.4) is 0 Å². The lowest BCUT2D eigenvalue weighted by atomic mass is 10.2. The van der Waals surface area contributed by atoms with Gasteiger partial charge in [0.05, 0.1) is 13.2 Å². The normalized spacial score (nSPS) is 19.2. The minimum absolute atomic E-state index is 0.844. The Morgan fingerprint density at radius 2 is 1.52 bits per heavy atom. The first-order valence-electron chi connectivity index (χ1n) is 9.18. The van der Waals surface area contributed by atoms with Gasteiger partial charge in [-0.3, -0.25) is 4.90 Å². The number of nitrogens with zero attached hydrogens (tertiary/aromatic N) is 4. The topological polar surface area (TPSA) is 31.8 Å². The molecule has 25 heavy (non-hydrogen) atoms. The summed E-state index contributed by atoms with van der Waals surface area (Å²) in [5, 5.41) is 0. The van der Waals surface area contributed by atoms with Crippen LogP contribution in [-0.4, -0.2) is 62.4 Å². The van der Waals surface area contributed by atoms with Crippen molar-refractivity contribution in [3.63, 3.8) is 0 Å². The summed E-state index contributed by atoms with van der Waals surface area (Å²) in [5.74, 6) is 1.10. The van der Waals surface area contributed by atoms with Crippen LogP contribution in [0, 0.1) is 0 Å². The summed E-state index contributed by atoms with van der Waals surface area (Å²) in [6.07, 6.45) is 2.04. The molecule has 0 bridgehead atoms. The van der Waals surface area contributed by atoms with Gasteiger partial charge in [-0.25, -0.2) is 4.98 Å². The van der Waals surface area contributed by atoms with Crippen LogP contribution in [0.5, 0.6) is 0 Å². The molecule has 0 amide bonds. The fraction of sp³-hybridized carbons (Fsp3) is 0.450. The highest BCUT2D eigenvalue weighted by atomic mass is 16.5. The summed E-state index contributed by atoms with van der Waals surface area (Å²) in [5.41, 5.74) is 2.60. The van der Waals surface area contributed by atoms with Gasteiger partial charge in [0.15, 0.2) is 0 Å². The maximum absolute atomic E-state index is 5.41. The van der Waals surface area contributed by atoms with Crippen LogP contribution in [0.4, 0.5) is 11.5 Å². The van der Waals surface area contributed by atoms with Gasteiger partial charge in [0, 0.05) is 57.7 Å². The van der Waals surface area contributed by atoms with Gasteiger partial charge in [-0.15, -0.1) is 0 Å². The quantitative estimate of drug-likeness (QED) is 0.854. The number of piperazine rings is 1. The summed E-state index contributed by atoms with van der Waals surface area (Å²) >= 11 is 0.